The SMILES string of the molecule is O=C1CC2CCCCN1C2. The molecule has 1 amide bonds. The highest BCUT2D eigenvalue weighted by molar-refractivity contribution is 5.78. The highest BCUT2D eigenvalue weighted by Crippen LogP contribution is 2.26. The summed E-state index contributed by atoms with van der Waals surface area (Å²) in [5.41, 5.74) is 0. The van der Waals surface area contributed by atoms with Gasteiger partial charge in [0.2, 0.25) is 5.91 Å². The summed E-state index contributed by atoms with van der Waals surface area (Å²) >= 11 is 0. The van der Waals surface area contributed by atoms with Gasteiger partial charge in [0.25, 0.3) is 0 Å². The first kappa shape index (κ1) is 6.20. The fourth-order valence-electron chi connectivity index (χ4n) is 2.00. The van der Waals surface area contributed by atoms with Crippen LogP contribution in [0.4, 0.5) is 0 Å². The molecule has 0 radical (unpaired) electrons. The number of carbonyl (C=O) groups is 1. The van der Waals surface area contributed by atoms with Gasteiger partial charge in [-0.25, -0.2) is 0 Å². The molecule has 2 aliphatic rings. The molecule has 2 fully saturated rings. The topological polar surface area (TPSA) is 20.3 Å². The van der Waals surface area contributed by atoms with Crippen LogP contribution in [0.2, 0.25) is 0 Å². The van der Waals surface area contributed by atoms with Crippen LogP contribution in [0, 0.1) is 5.92 Å². The summed E-state index contributed by atoms with van der Waals surface area (Å²) in [7, 11) is 0. The smallest absolute Gasteiger partial charge is 0.222 e. The van der Waals surface area contributed by atoms with Crippen molar-refractivity contribution in [1.29, 1.82) is 0 Å². The Hall–Kier alpha value is -0.530. The van der Waals surface area contributed by atoms with Gasteiger partial charge in [-0.05, 0) is 18.8 Å². The second-order valence-corrected chi connectivity index (χ2v) is 3.41. The van der Waals surface area contributed by atoms with Gasteiger partial charge in [-0.15, -0.1) is 0 Å². The van der Waals surface area contributed by atoms with Gasteiger partial charge in [-0.2, -0.15) is 0 Å². The third kappa shape index (κ3) is 0.917. The van der Waals surface area contributed by atoms with Gasteiger partial charge in [0.05, 0.1) is 0 Å². The van der Waals surface area contributed by atoms with Crippen LogP contribution in [0.5, 0.6) is 0 Å². The summed E-state index contributed by atoms with van der Waals surface area (Å²) in [5, 5.41) is 0. The lowest BCUT2D eigenvalue weighted by Gasteiger charge is -2.12. The van der Waals surface area contributed by atoms with Gasteiger partial charge >= 0.3 is 0 Å². The monoisotopic (exact) mass is 139 g/mol. The molecule has 0 aromatic heterocycles. The zero-order chi connectivity index (χ0) is 6.97. The molecule has 2 aliphatic heterocycles. The van der Waals surface area contributed by atoms with E-state index in [9.17, 15) is 4.79 Å². The van der Waals surface area contributed by atoms with E-state index < -0.39 is 0 Å². The van der Waals surface area contributed by atoms with Crippen LogP contribution in [0.3, 0.4) is 0 Å². The summed E-state index contributed by atoms with van der Waals surface area (Å²) in [5.74, 6) is 1.10. The summed E-state index contributed by atoms with van der Waals surface area (Å²) < 4.78 is 0. The Kier molecular flexibility index (Phi) is 1.40. The van der Waals surface area contributed by atoms with E-state index in [1.807, 2.05) is 4.90 Å². The van der Waals surface area contributed by atoms with Crippen molar-refractivity contribution in [1.82, 2.24) is 4.90 Å². The molecule has 0 aromatic carbocycles. The number of hydrogen-bond acceptors (Lipinski definition) is 1. The van der Waals surface area contributed by atoms with Gasteiger partial charge in [0, 0.05) is 19.5 Å². The lowest BCUT2D eigenvalue weighted by Crippen LogP contribution is -2.25. The predicted octanol–water partition coefficient (Wildman–Crippen LogP) is 1.02. The van der Waals surface area contributed by atoms with Crippen molar-refractivity contribution in [3.8, 4) is 0 Å². The van der Waals surface area contributed by atoms with Crippen LogP contribution in [-0.2, 0) is 4.79 Å². The van der Waals surface area contributed by atoms with Crippen molar-refractivity contribution < 1.29 is 4.79 Å². The molecule has 0 aromatic rings. The average Bonchev–Trinajstić information content (AvgIpc) is 2.18. The van der Waals surface area contributed by atoms with E-state index >= 15 is 0 Å². The second-order valence-electron chi connectivity index (χ2n) is 3.41. The van der Waals surface area contributed by atoms with E-state index in [1.165, 1.54) is 19.3 Å². The Balaban J connectivity index is 2.09. The van der Waals surface area contributed by atoms with Crippen LogP contribution >= 0.6 is 0 Å². The van der Waals surface area contributed by atoms with Crippen molar-refractivity contribution in [2.75, 3.05) is 13.1 Å². The molecule has 0 saturated carbocycles. The first-order chi connectivity index (χ1) is 4.86. The Morgan fingerprint density at radius 3 is 3.20 bits per heavy atom. The van der Waals surface area contributed by atoms with E-state index in [0.29, 0.717) is 11.8 Å². The van der Waals surface area contributed by atoms with Crippen LogP contribution in [0.1, 0.15) is 25.7 Å². The highest BCUT2D eigenvalue weighted by Gasteiger charge is 2.30. The zero-order valence-electron chi connectivity index (χ0n) is 6.18. The number of carbonyl (C=O) groups excluding carboxylic acids is 1. The maximum Gasteiger partial charge on any atom is 0.222 e. The van der Waals surface area contributed by atoms with Crippen molar-refractivity contribution in [3.05, 3.63) is 0 Å². The van der Waals surface area contributed by atoms with Crippen molar-refractivity contribution >= 4 is 5.91 Å². The van der Waals surface area contributed by atoms with Crippen molar-refractivity contribution in [2.24, 2.45) is 5.92 Å². The third-order valence-electron chi connectivity index (χ3n) is 2.58. The van der Waals surface area contributed by atoms with Crippen LogP contribution < -0.4 is 0 Å². The van der Waals surface area contributed by atoms with E-state index in [1.54, 1.807) is 0 Å². The molecule has 2 rings (SSSR count). The fraction of sp³-hybridized carbons (Fsp3) is 0.875. The lowest BCUT2D eigenvalue weighted by molar-refractivity contribution is -0.127. The van der Waals surface area contributed by atoms with Gasteiger partial charge in [0.15, 0.2) is 0 Å². The quantitative estimate of drug-likeness (QED) is 0.490. The molecule has 2 heterocycles. The molecule has 1 unspecified atom stereocenters. The van der Waals surface area contributed by atoms with E-state index in [4.69, 9.17) is 0 Å². The Morgan fingerprint density at radius 1 is 1.40 bits per heavy atom. The van der Waals surface area contributed by atoms with Crippen molar-refractivity contribution in [3.63, 3.8) is 0 Å². The molecule has 2 nitrogen and oxygen atoms in total. The van der Waals surface area contributed by atoms with E-state index in [0.717, 1.165) is 19.5 Å². The predicted molar refractivity (Wildman–Crippen MR) is 38.5 cm³/mol. The summed E-state index contributed by atoms with van der Waals surface area (Å²) in [6.07, 6.45) is 4.67. The molecular weight excluding hydrogens is 126 g/mol. The molecule has 1 atom stereocenters. The van der Waals surface area contributed by atoms with Gasteiger partial charge in [-0.1, -0.05) is 6.42 Å². The van der Waals surface area contributed by atoms with Gasteiger partial charge in [0.1, 0.15) is 0 Å². The van der Waals surface area contributed by atoms with Crippen molar-refractivity contribution in [2.45, 2.75) is 25.7 Å². The van der Waals surface area contributed by atoms with E-state index in [-0.39, 0.29) is 0 Å². The molecule has 2 bridgehead atoms. The molecule has 0 aliphatic carbocycles. The third-order valence-corrected chi connectivity index (χ3v) is 2.58. The van der Waals surface area contributed by atoms with E-state index in [2.05, 4.69) is 0 Å². The van der Waals surface area contributed by atoms with Gasteiger partial charge < -0.3 is 4.90 Å². The maximum absolute atomic E-state index is 11.1. The lowest BCUT2D eigenvalue weighted by atomic mass is 10.0. The minimum absolute atomic E-state index is 0.393. The summed E-state index contributed by atoms with van der Waals surface area (Å²) in [6.45, 7) is 2.08. The molecule has 2 heteroatoms. The molecule has 0 N–H and O–H groups in total. The summed E-state index contributed by atoms with van der Waals surface area (Å²) in [6, 6.07) is 0. The minimum atomic E-state index is 0.393. The van der Waals surface area contributed by atoms with Gasteiger partial charge in [-0.3, -0.25) is 4.79 Å². The first-order valence-corrected chi connectivity index (χ1v) is 4.14. The number of hydrogen-bond donors (Lipinski definition) is 0. The summed E-state index contributed by atoms with van der Waals surface area (Å²) in [4.78, 5) is 13.2. The highest BCUT2D eigenvalue weighted by atomic mass is 16.2. The average molecular weight is 139 g/mol. The number of rotatable bonds is 0. The fourth-order valence-corrected chi connectivity index (χ4v) is 2.00. The Bertz CT molecular complexity index is 155. The Morgan fingerprint density at radius 2 is 2.30 bits per heavy atom. The molecular formula is C8H13NO. The van der Waals surface area contributed by atoms with Crippen LogP contribution in [0.15, 0.2) is 0 Å². The largest absolute Gasteiger partial charge is 0.342 e. The number of amides is 1. The van der Waals surface area contributed by atoms with Crippen LogP contribution in [0.25, 0.3) is 0 Å². The maximum atomic E-state index is 11.1. The standard InChI is InChI=1S/C8H13NO/c10-8-5-7-3-1-2-4-9(8)6-7/h7H,1-6H2. The first-order valence-electron chi connectivity index (χ1n) is 4.14. The number of nitrogens with zero attached hydrogens (tertiary/aromatic N) is 1. The Labute approximate surface area is 61.2 Å². The zero-order valence-corrected chi connectivity index (χ0v) is 6.18. The van der Waals surface area contributed by atoms with Crippen LogP contribution in [-0.4, -0.2) is 23.9 Å². The molecule has 0 spiro atoms. The normalized spacial score (nSPS) is 32.6. The molecule has 56 valence electrons. The molecule has 10 heavy (non-hydrogen) atoms. The number of fused-ring (bicyclic) bond motifs is 2. The second kappa shape index (κ2) is 2.26. The minimum Gasteiger partial charge on any atom is -0.342 e. The molecule has 2 saturated heterocycles.